The number of aliphatic hydroxyl groups excluding tert-OH is 2. The molecule has 9 saturated carbocycles. The normalized spacial score (nSPS) is 50.3. The van der Waals surface area contributed by atoms with Crippen LogP contribution >= 0.6 is 0 Å². The molecule has 2 aromatic carbocycles. The zero-order valence-corrected chi connectivity index (χ0v) is 46.0. The van der Waals surface area contributed by atoms with Crippen LogP contribution in [0.3, 0.4) is 0 Å². The average Bonchev–Trinajstić information content (AvgIpc) is 2.41. The molecule has 14 aliphatic rings. The molecule has 6 N–H and O–H groups in total. The Kier molecular flexibility index (Phi) is 11.9. The van der Waals surface area contributed by atoms with E-state index in [9.17, 15) is 15.0 Å². The molecule has 22 atom stereocenters. The molecule has 10 heteroatoms. The number of esters is 1. The number of allylic oxidation sites excluding steroid dienone is 2. The first-order chi connectivity index (χ1) is 37.9. The third-order valence-corrected chi connectivity index (χ3v) is 27.1. The molecule has 416 valence electrons. The van der Waals surface area contributed by atoms with Crippen molar-refractivity contribution < 1.29 is 44.6 Å². The van der Waals surface area contributed by atoms with E-state index in [0.717, 1.165) is 67.2 Å². The Bertz CT molecular complexity index is 2870. The first-order valence-corrected chi connectivity index (χ1v) is 31.3. The van der Waals surface area contributed by atoms with E-state index in [0.29, 0.717) is 93.5 Å². The van der Waals surface area contributed by atoms with Crippen molar-refractivity contribution in [1.29, 1.82) is 0 Å². The van der Waals surface area contributed by atoms with Crippen LogP contribution in [0, 0.1) is 105 Å². The molecule has 2 heterocycles. The molecule has 0 aromatic heterocycles. The molecule has 4 bridgehead atoms. The fourth-order valence-corrected chi connectivity index (χ4v) is 24.5. The highest BCUT2D eigenvalue weighted by atomic mass is 16.5. The lowest BCUT2D eigenvalue weighted by atomic mass is 9.31. The number of carbonyl (C=O) groups excluding carboxylic acids is 2. The van der Waals surface area contributed by atoms with E-state index in [1.54, 1.807) is 6.08 Å². The molecule has 12 aliphatic carbocycles. The van der Waals surface area contributed by atoms with Crippen LogP contribution in [0.25, 0.3) is 0 Å². The highest BCUT2D eigenvalue weighted by Gasteiger charge is 2.88. The van der Waals surface area contributed by atoms with Gasteiger partial charge in [-0.2, -0.15) is 0 Å². The van der Waals surface area contributed by atoms with Gasteiger partial charge in [0.25, 0.3) is 0 Å². The number of likely N-dealkylation sites (N-methyl/N-ethyl adjacent to an activating group) is 1. The van der Waals surface area contributed by atoms with E-state index < -0.39 is 57.0 Å². The molecule has 2 aromatic rings. The van der Waals surface area contributed by atoms with E-state index in [-0.39, 0.29) is 73.2 Å². The Labute approximate surface area is 462 Å². The minimum absolute atomic E-state index is 0.133. The maximum Gasteiger partial charge on any atom is 0.331 e. The van der Waals surface area contributed by atoms with Crippen LogP contribution in [0.4, 0.5) is 0 Å². The maximum atomic E-state index is 15.7. The van der Waals surface area contributed by atoms with Crippen molar-refractivity contribution in [3.63, 3.8) is 0 Å². The van der Waals surface area contributed by atoms with Crippen molar-refractivity contribution in [2.45, 2.75) is 182 Å². The second-order valence-corrected chi connectivity index (χ2v) is 28.6. The maximum absolute atomic E-state index is 15.7. The van der Waals surface area contributed by atoms with Crippen molar-refractivity contribution in [2.24, 2.45) is 92.7 Å². The minimum Gasteiger partial charge on any atom is -0.454 e. The van der Waals surface area contributed by atoms with Crippen molar-refractivity contribution >= 4 is 12.3 Å². The van der Waals surface area contributed by atoms with Crippen LogP contribution in [0.15, 0.2) is 72.3 Å². The van der Waals surface area contributed by atoms with Crippen molar-refractivity contribution in [3.05, 3.63) is 94.6 Å². The fourth-order valence-electron chi connectivity index (χ4n) is 24.5. The largest absolute Gasteiger partial charge is 0.454 e. The molecule has 2 aliphatic heterocycles. The summed E-state index contributed by atoms with van der Waals surface area (Å²) in [4.78, 5) is 29.8. The highest BCUT2D eigenvalue weighted by Crippen LogP contribution is 2.83. The van der Waals surface area contributed by atoms with E-state index in [4.69, 9.17) is 9.47 Å². The van der Waals surface area contributed by atoms with Crippen LogP contribution in [0.2, 0.25) is 0 Å². The lowest BCUT2D eigenvalue weighted by Gasteiger charge is -2.75. The van der Waals surface area contributed by atoms with E-state index >= 15 is 20.1 Å². The molecule has 0 radical (unpaired) electrons. The molecule has 1 saturated heterocycles. The zero-order chi connectivity index (χ0) is 53.2. The number of fused-ring (bicyclic) bond motifs is 9. The number of ether oxygens (including phenoxy) is 2. The third-order valence-electron chi connectivity index (χ3n) is 27.1. The summed E-state index contributed by atoms with van der Waals surface area (Å²) in [5.41, 5.74) is -4.50. The second kappa shape index (κ2) is 18.2. The van der Waals surface area contributed by atoms with Crippen LogP contribution in [0.1, 0.15) is 157 Å². The van der Waals surface area contributed by atoms with Crippen LogP contribution in [0.5, 0.6) is 0 Å². The molecule has 22 unspecified atom stereocenters. The zero-order valence-electron chi connectivity index (χ0n) is 46.0. The van der Waals surface area contributed by atoms with Crippen molar-refractivity contribution in [1.82, 2.24) is 5.32 Å². The Morgan fingerprint density at radius 3 is 2.45 bits per heavy atom. The summed E-state index contributed by atoms with van der Waals surface area (Å²) in [6.07, 6.45) is 22.8. The third kappa shape index (κ3) is 6.37. The van der Waals surface area contributed by atoms with Crippen LogP contribution in [-0.2, 0) is 32.1 Å². The fraction of sp³-hybridized carbons (Fsp3) is 0.706. The van der Waals surface area contributed by atoms with Gasteiger partial charge in [0.2, 0.25) is 0 Å². The van der Waals surface area contributed by atoms with Gasteiger partial charge in [-0.3, -0.25) is 0 Å². The number of aliphatic hydroxyl groups is 5. The summed E-state index contributed by atoms with van der Waals surface area (Å²) in [6.45, 7) is 0.198. The van der Waals surface area contributed by atoms with Gasteiger partial charge in [-0.25, -0.2) is 4.79 Å². The summed E-state index contributed by atoms with van der Waals surface area (Å²) in [7, 11) is 1.93. The van der Waals surface area contributed by atoms with Gasteiger partial charge in [0.1, 0.15) is 18.0 Å². The lowest BCUT2D eigenvalue weighted by molar-refractivity contribution is -0.369. The summed E-state index contributed by atoms with van der Waals surface area (Å²) >= 11 is 0. The van der Waals surface area contributed by atoms with Gasteiger partial charge in [0.05, 0.1) is 35.9 Å². The number of carbonyl (C=O) groups is 2. The lowest BCUT2D eigenvalue weighted by Crippen LogP contribution is -2.83. The van der Waals surface area contributed by atoms with Gasteiger partial charge in [-0.1, -0.05) is 92.1 Å². The number of benzene rings is 2. The Balaban J connectivity index is 0.920. The topological polar surface area (TPSA) is 166 Å². The summed E-state index contributed by atoms with van der Waals surface area (Å²) < 4.78 is 13.9. The molecular weight excluding hydrogens is 975 g/mol. The number of hydrogen-bond donors (Lipinski definition) is 6. The van der Waals surface area contributed by atoms with E-state index in [2.05, 4.69) is 59.6 Å². The molecule has 16 rings (SSSR count). The Hall–Kier alpha value is -3.66. The molecule has 10 fully saturated rings. The molecule has 2 spiro atoms. The Morgan fingerprint density at radius 1 is 0.821 bits per heavy atom. The molecular formula is C68H85NO9. The van der Waals surface area contributed by atoms with Crippen LogP contribution in [-0.4, -0.2) is 93.1 Å². The monoisotopic (exact) mass is 1060 g/mol. The summed E-state index contributed by atoms with van der Waals surface area (Å²) in [5, 5.41) is 72.2. The van der Waals surface area contributed by atoms with Crippen LogP contribution < -0.4 is 5.32 Å². The predicted molar refractivity (Wildman–Crippen MR) is 294 cm³/mol. The smallest absolute Gasteiger partial charge is 0.331 e. The molecule has 10 nitrogen and oxygen atoms in total. The van der Waals surface area contributed by atoms with Gasteiger partial charge in [0.15, 0.2) is 0 Å². The first kappa shape index (κ1) is 51.2. The highest BCUT2D eigenvalue weighted by molar-refractivity contribution is 5.87. The first-order valence-electron chi connectivity index (χ1n) is 31.3. The molecule has 0 amide bonds. The van der Waals surface area contributed by atoms with Gasteiger partial charge < -0.3 is 45.1 Å². The number of aldehydes is 1. The van der Waals surface area contributed by atoms with Gasteiger partial charge in [0, 0.05) is 64.7 Å². The predicted octanol–water partition coefficient (Wildman–Crippen LogP) is 8.93. The quantitative estimate of drug-likeness (QED) is 0.0713. The SMILES string of the molecule is CNC1Cc2c(cccc2CO)C#CCCC23CCC4C(O)(CC5CC6C(C=CCC6C6CCCC6)CC6C7OCCC8CC9CC(c%10ccccc%10)CCC9C87CC4(C=O)C56O)C2(O)CC2CC1C1OC(=O)C=C1C23CO. The van der Waals surface area contributed by atoms with Gasteiger partial charge in [-0.15, -0.1) is 0 Å². The summed E-state index contributed by atoms with van der Waals surface area (Å²) in [6, 6.07) is 16.7. The second-order valence-electron chi connectivity index (χ2n) is 28.6. The van der Waals surface area contributed by atoms with Crippen molar-refractivity contribution in [3.8, 4) is 11.8 Å². The van der Waals surface area contributed by atoms with Crippen molar-refractivity contribution in [2.75, 3.05) is 20.3 Å². The number of nitrogens with one attached hydrogen (secondary N) is 1. The van der Waals surface area contributed by atoms with E-state index in [1.165, 1.54) is 37.5 Å². The number of rotatable bonds is 6. The molecule has 78 heavy (non-hydrogen) atoms. The average molecular weight is 1060 g/mol. The standard InChI is InChI=1S/C68H85NO9/c1-69-57-32-51-42(16-9-18-45(51)36-70)15-7-8-24-63-25-22-58-62(38-71)37-64-47(28-46-27-43(20-21-54(46)64)40-11-3-2-4-12-40)23-26-77-61(64)56-29-44-17-10-19-50(41-13-5-6-14-41)52(44)31-49(68(56,62)76)34-66(58,74)67(63,75)35-48-30-53(57)60-55(33-59(73)78-60)65(48,63)39-72/h2-4,9-12,16-18,33,38,41,43-44,46-50,52-54,56-58,60-61,69-70,72,74-76H,5-6,8,13-14,19-32,34-37,39H2,1H3. The minimum atomic E-state index is -1.84. The van der Waals surface area contributed by atoms with Gasteiger partial charge in [-0.05, 0) is 197 Å². The number of hydrogen-bond acceptors (Lipinski definition) is 10. The Morgan fingerprint density at radius 2 is 1.65 bits per heavy atom. The van der Waals surface area contributed by atoms with Gasteiger partial charge >= 0.3 is 5.97 Å². The summed E-state index contributed by atoms with van der Waals surface area (Å²) in [5.74, 6) is 7.51. The van der Waals surface area contributed by atoms with E-state index in [1.807, 2.05) is 25.2 Å².